The van der Waals surface area contributed by atoms with Gasteiger partial charge in [-0.3, -0.25) is 0 Å². The van der Waals surface area contributed by atoms with E-state index >= 15 is 0 Å². The number of aromatic nitrogens is 1. The molecule has 138 valence electrons. The van der Waals surface area contributed by atoms with Crippen LogP contribution < -0.4 is 0 Å². The van der Waals surface area contributed by atoms with E-state index in [0.29, 0.717) is 0 Å². The van der Waals surface area contributed by atoms with Crippen molar-refractivity contribution >= 4 is 10.9 Å². The molecule has 3 aromatic carbocycles. The van der Waals surface area contributed by atoms with Crippen molar-refractivity contribution in [2.24, 2.45) is 0 Å². The van der Waals surface area contributed by atoms with Gasteiger partial charge in [0.25, 0.3) is 0 Å². The highest BCUT2D eigenvalue weighted by Gasteiger charge is 2.35. The molecular weight excluding hydrogens is 338 g/mol. The average Bonchev–Trinajstić information content (AvgIpc) is 3.20. The fourth-order valence-corrected chi connectivity index (χ4v) is 3.93. The number of fused-ring (bicyclic) bond motifs is 1. The molecule has 0 saturated heterocycles. The number of unbranched alkanes of at least 4 members (excludes halogenated alkanes) is 1. The number of aromatic amines is 1. The third-order valence-corrected chi connectivity index (χ3v) is 5.32. The summed E-state index contributed by atoms with van der Waals surface area (Å²) >= 11 is 0. The molecule has 4 rings (SSSR count). The summed E-state index contributed by atoms with van der Waals surface area (Å²) in [4.78, 5) is 3.48. The van der Waals surface area contributed by atoms with Crippen LogP contribution in [0, 0.1) is 0 Å². The Morgan fingerprint density at radius 2 is 1.43 bits per heavy atom. The van der Waals surface area contributed by atoms with Gasteiger partial charge in [0.1, 0.15) is 0 Å². The van der Waals surface area contributed by atoms with Crippen LogP contribution in [-0.2, 0) is 5.41 Å². The predicted molar refractivity (Wildman–Crippen MR) is 119 cm³/mol. The molecule has 0 unspecified atom stereocenters. The molecule has 1 heteroatoms. The lowest BCUT2D eigenvalue weighted by Gasteiger charge is -2.32. The average molecular weight is 364 g/mol. The first-order chi connectivity index (χ1) is 13.9. The van der Waals surface area contributed by atoms with Crippen LogP contribution >= 0.6 is 0 Å². The zero-order valence-corrected chi connectivity index (χ0v) is 16.2. The highest BCUT2D eigenvalue weighted by atomic mass is 14.7. The van der Waals surface area contributed by atoms with E-state index < -0.39 is 5.41 Å². The van der Waals surface area contributed by atoms with E-state index in [9.17, 15) is 0 Å². The third-order valence-electron chi connectivity index (χ3n) is 5.32. The molecule has 0 saturated carbocycles. The number of nitrogens with one attached hydrogen (secondary N) is 1. The zero-order chi connectivity index (χ0) is 19.2. The Bertz CT molecular complexity index is 1060. The van der Waals surface area contributed by atoms with Crippen LogP contribution in [0.25, 0.3) is 10.9 Å². The maximum Gasteiger partial charge on any atom is 0.0726 e. The van der Waals surface area contributed by atoms with Gasteiger partial charge < -0.3 is 4.98 Å². The molecule has 1 heterocycles. The number of allylic oxidation sites excluding steroid dienone is 1. The van der Waals surface area contributed by atoms with E-state index in [1.54, 1.807) is 0 Å². The number of benzene rings is 3. The summed E-state index contributed by atoms with van der Waals surface area (Å²) in [5.41, 5.74) is 7.98. The predicted octanol–water partition coefficient (Wildman–Crippen LogP) is 7.01. The second-order valence-electron chi connectivity index (χ2n) is 7.09. The van der Waals surface area contributed by atoms with Crippen LogP contribution in [0.15, 0.2) is 109 Å². The third kappa shape index (κ3) is 3.22. The molecule has 0 aliphatic carbocycles. The molecule has 0 aliphatic rings. The normalized spacial score (nSPS) is 11.2. The Balaban J connectivity index is 2.08. The topological polar surface area (TPSA) is 15.8 Å². The van der Waals surface area contributed by atoms with Crippen molar-refractivity contribution < 1.29 is 0 Å². The van der Waals surface area contributed by atoms with Crippen molar-refractivity contribution in [3.8, 4) is 0 Å². The summed E-state index contributed by atoms with van der Waals surface area (Å²) in [6.45, 7) is 2.19. The summed E-state index contributed by atoms with van der Waals surface area (Å²) in [5, 5.41) is 1.24. The molecule has 1 nitrogen and oxygen atoms in total. The molecule has 0 fully saturated rings. The largest absolute Gasteiger partial charge is 0.361 e. The zero-order valence-electron chi connectivity index (χ0n) is 16.2. The summed E-state index contributed by atoms with van der Waals surface area (Å²) in [6.07, 6.45) is 8.70. The van der Waals surface area contributed by atoms with Crippen LogP contribution in [0.3, 0.4) is 0 Å². The van der Waals surface area contributed by atoms with Gasteiger partial charge in [-0.05, 0) is 41.3 Å². The minimum Gasteiger partial charge on any atom is -0.361 e. The SMILES string of the molecule is CCCC=C=CC(c1ccccc1)(c1ccccc1)c1c[nH]c2ccccc12. The Kier molecular flexibility index (Phi) is 5.28. The van der Waals surface area contributed by atoms with E-state index in [2.05, 4.69) is 121 Å². The van der Waals surface area contributed by atoms with Crippen molar-refractivity contribution in [1.29, 1.82) is 0 Å². The molecule has 1 N–H and O–H groups in total. The molecule has 0 aliphatic heterocycles. The Morgan fingerprint density at radius 3 is 2.07 bits per heavy atom. The van der Waals surface area contributed by atoms with Gasteiger partial charge in [-0.15, -0.1) is 5.73 Å². The Hall–Kier alpha value is -3.28. The number of hydrogen-bond donors (Lipinski definition) is 1. The Morgan fingerprint density at radius 1 is 0.821 bits per heavy atom. The second-order valence-corrected chi connectivity index (χ2v) is 7.09. The first-order valence-corrected chi connectivity index (χ1v) is 9.96. The van der Waals surface area contributed by atoms with E-state index in [0.717, 1.165) is 18.4 Å². The smallest absolute Gasteiger partial charge is 0.0726 e. The monoisotopic (exact) mass is 363 g/mol. The molecule has 0 atom stereocenters. The second kappa shape index (κ2) is 8.17. The van der Waals surface area contributed by atoms with Gasteiger partial charge in [-0.1, -0.05) is 92.2 Å². The molecule has 0 spiro atoms. The first-order valence-electron chi connectivity index (χ1n) is 9.96. The number of para-hydroxylation sites is 1. The van der Waals surface area contributed by atoms with Crippen LogP contribution in [-0.4, -0.2) is 4.98 Å². The van der Waals surface area contributed by atoms with Gasteiger partial charge in [0.2, 0.25) is 0 Å². The van der Waals surface area contributed by atoms with Crippen molar-refractivity contribution in [2.75, 3.05) is 0 Å². The lowest BCUT2D eigenvalue weighted by Crippen LogP contribution is -2.26. The molecule has 1 aromatic heterocycles. The maximum absolute atomic E-state index is 3.51. The van der Waals surface area contributed by atoms with Gasteiger partial charge in [-0.25, -0.2) is 0 Å². The van der Waals surface area contributed by atoms with Crippen molar-refractivity contribution in [1.82, 2.24) is 4.98 Å². The van der Waals surface area contributed by atoms with Crippen LogP contribution in [0.4, 0.5) is 0 Å². The molecule has 0 bridgehead atoms. The van der Waals surface area contributed by atoms with Crippen LogP contribution in [0.2, 0.25) is 0 Å². The molecule has 4 aromatic rings. The molecule has 0 radical (unpaired) electrons. The van der Waals surface area contributed by atoms with Crippen molar-refractivity contribution in [3.63, 3.8) is 0 Å². The van der Waals surface area contributed by atoms with E-state index in [-0.39, 0.29) is 0 Å². The van der Waals surface area contributed by atoms with Gasteiger partial charge in [0.15, 0.2) is 0 Å². The number of H-pyrrole nitrogens is 1. The van der Waals surface area contributed by atoms with Gasteiger partial charge >= 0.3 is 0 Å². The maximum atomic E-state index is 3.51. The lowest BCUT2D eigenvalue weighted by molar-refractivity contribution is 0.786. The lowest BCUT2D eigenvalue weighted by atomic mass is 9.69. The van der Waals surface area contributed by atoms with E-state index in [1.165, 1.54) is 22.1 Å². The molecular formula is C27H25N. The van der Waals surface area contributed by atoms with Gasteiger partial charge in [-0.2, -0.15) is 0 Å². The summed E-state index contributed by atoms with van der Waals surface area (Å²) in [7, 11) is 0. The summed E-state index contributed by atoms with van der Waals surface area (Å²) in [5.74, 6) is 0. The molecule has 28 heavy (non-hydrogen) atoms. The molecule has 0 amide bonds. The minimum atomic E-state index is -0.410. The fraction of sp³-hybridized carbons (Fsp3) is 0.148. The van der Waals surface area contributed by atoms with Crippen LogP contribution in [0.5, 0.6) is 0 Å². The number of hydrogen-bond acceptors (Lipinski definition) is 0. The summed E-state index contributed by atoms with van der Waals surface area (Å²) < 4.78 is 0. The highest BCUT2D eigenvalue weighted by Crippen LogP contribution is 2.43. The summed E-state index contributed by atoms with van der Waals surface area (Å²) in [6, 6.07) is 30.0. The standard InChI is InChI=1S/C27H25N/c1-2-3-4-13-20-27(22-14-7-5-8-15-22,23-16-9-6-10-17-23)25-21-28-26-19-12-11-18-24(25)26/h4-12,14-21,28H,2-3H2,1H3. The van der Waals surface area contributed by atoms with Crippen LogP contribution in [0.1, 0.15) is 36.5 Å². The minimum absolute atomic E-state index is 0.410. The Labute approximate surface area is 167 Å². The van der Waals surface area contributed by atoms with Gasteiger partial charge in [0.05, 0.1) is 5.41 Å². The highest BCUT2D eigenvalue weighted by molar-refractivity contribution is 5.86. The number of rotatable bonds is 6. The fourth-order valence-electron chi connectivity index (χ4n) is 3.93. The van der Waals surface area contributed by atoms with Crippen molar-refractivity contribution in [2.45, 2.75) is 25.2 Å². The van der Waals surface area contributed by atoms with Crippen molar-refractivity contribution in [3.05, 3.63) is 126 Å². The first kappa shape index (κ1) is 18.1. The van der Waals surface area contributed by atoms with E-state index in [4.69, 9.17) is 0 Å². The van der Waals surface area contributed by atoms with Gasteiger partial charge in [0, 0.05) is 17.1 Å². The van der Waals surface area contributed by atoms with E-state index in [1.807, 2.05) is 0 Å². The quantitative estimate of drug-likeness (QED) is 0.354.